The number of fused-ring (bicyclic) bond motifs is 1. The van der Waals surface area contributed by atoms with E-state index in [1.165, 1.54) is 0 Å². The summed E-state index contributed by atoms with van der Waals surface area (Å²) in [5.41, 5.74) is 0.883. The molecule has 0 saturated carbocycles. The van der Waals surface area contributed by atoms with Crippen LogP contribution in [0.25, 0.3) is 16.8 Å². The minimum Gasteiger partial charge on any atom is -0.496 e. The van der Waals surface area contributed by atoms with Gasteiger partial charge in [0.1, 0.15) is 5.75 Å². The number of imide groups is 1. The zero-order valence-corrected chi connectivity index (χ0v) is 11.5. The molecule has 3 rings (SSSR count). The number of carbonyl (C=O) groups is 2. The summed E-state index contributed by atoms with van der Waals surface area (Å²) < 4.78 is 5.33. The Kier molecular flexibility index (Phi) is 3.20. The Labute approximate surface area is 119 Å². The molecule has 2 aromatic carbocycles. The highest BCUT2D eigenvalue weighted by Crippen LogP contribution is 2.32. The van der Waals surface area contributed by atoms with E-state index in [0.717, 1.165) is 33.8 Å². The van der Waals surface area contributed by atoms with Crippen LogP contribution in [0.2, 0.25) is 0 Å². The van der Waals surface area contributed by atoms with Gasteiger partial charge in [-0.1, -0.05) is 30.3 Å². The lowest BCUT2D eigenvalue weighted by Crippen LogP contribution is -2.17. The zero-order chi connectivity index (χ0) is 14.1. The molecule has 1 fully saturated rings. The van der Waals surface area contributed by atoms with Crippen molar-refractivity contribution in [3.63, 3.8) is 0 Å². The first-order valence-corrected chi connectivity index (χ1v) is 6.81. The smallest absolute Gasteiger partial charge is 0.290 e. The molecule has 0 aliphatic carbocycles. The van der Waals surface area contributed by atoms with E-state index >= 15 is 0 Å². The number of hydrogen-bond donors (Lipinski definition) is 1. The Hall–Kier alpha value is -2.27. The van der Waals surface area contributed by atoms with Gasteiger partial charge in [-0.25, -0.2) is 0 Å². The van der Waals surface area contributed by atoms with E-state index in [2.05, 4.69) is 5.32 Å². The molecular weight excluding hydrogens is 274 g/mol. The van der Waals surface area contributed by atoms with Crippen molar-refractivity contribution in [1.82, 2.24) is 5.32 Å². The van der Waals surface area contributed by atoms with Crippen molar-refractivity contribution in [3.8, 4) is 5.75 Å². The second-order valence-electron chi connectivity index (χ2n) is 4.25. The Morgan fingerprint density at radius 3 is 2.50 bits per heavy atom. The zero-order valence-electron chi connectivity index (χ0n) is 10.7. The molecule has 2 amide bonds. The molecule has 2 aromatic rings. The SMILES string of the molecule is COc1ccc(/C=C2\SC(=O)NC2=O)c2ccccc12. The molecule has 0 unspecified atom stereocenters. The molecular formula is C15H11NO3S. The Balaban J connectivity index is 2.16. The van der Waals surface area contributed by atoms with Crippen LogP contribution in [0, 0.1) is 0 Å². The van der Waals surface area contributed by atoms with Crippen LogP contribution in [0.5, 0.6) is 5.75 Å². The van der Waals surface area contributed by atoms with Crippen molar-refractivity contribution in [2.75, 3.05) is 7.11 Å². The number of amides is 2. The molecule has 0 bridgehead atoms. The molecule has 1 N–H and O–H groups in total. The molecule has 5 heteroatoms. The summed E-state index contributed by atoms with van der Waals surface area (Å²) in [6.07, 6.45) is 1.73. The largest absolute Gasteiger partial charge is 0.496 e. The monoisotopic (exact) mass is 285 g/mol. The summed E-state index contributed by atoms with van der Waals surface area (Å²) in [5, 5.41) is 3.87. The van der Waals surface area contributed by atoms with Crippen LogP contribution in [-0.4, -0.2) is 18.3 Å². The quantitative estimate of drug-likeness (QED) is 0.861. The van der Waals surface area contributed by atoms with Crippen LogP contribution in [0.3, 0.4) is 0 Å². The molecule has 20 heavy (non-hydrogen) atoms. The topological polar surface area (TPSA) is 55.4 Å². The minimum atomic E-state index is -0.347. The first-order chi connectivity index (χ1) is 9.69. The maximum absolute atomic E-state index is 11.6. The molecule has 0 spiro atoms. The molecule has 1 aliphatic heterocycles. The lowest BCUT2D eigenvalue weighted by atomic mass is 10.0. The van der Waals surface area contributed by atoms with Gasteiger partial charge in [-0.3, -0.25) is 14.9 Å². The summed E-state index contributed by atoms with van der Waals surface area (Å²) in [4.78, 5) is 23.2. The predicted octanol–water partition coefficient (Wildman–Crippen LogP) is 3.17. The van der Waals surface area contributed by atoms with Crippen LogP contribution >= 0.6 is 11.8 Å². The number of carbonyl (C=O) groups excluding carboxylic acids is 2. The van der Waals surface area contributed by atoms with Gasteiger partial charge in [0.25, 0.3) is 11.1 Å². The van der Waals surface area contributed by atoms with Crippen molar-refractivity contribution in [2.45, 2.75) is 0 Å². The van der Waals surface area contributed by atoms with Crippen molar-refractivity contribution in [2.24, 2.45) is 0 Å². The fraction of sp³-hybridized carbons (Fsp3) is 0.0667. The van der Waals surface area contributed by atoms with E-state index in [9.17, 15) is 9.59 Å². The van der Waals surface area contributed by atoms with Gasteiger partial charge >= 0.3 is 0 Å². The van der Waals surface area contributed by atoms with Crippen LogP contribution in [-0.2, 0) is 4.79 Å². The average molecular weight is 285 g/mol. The first kappa shape index (κ1) is 12.7. The molecule has 0 atom stereocenters. The van der Waals surface area contributed by atoms with Gasteiger partial charge in [0, 0.05) is 5.39 Å². The van der Waals surface area contributed by atoms with E-state index < -0.39 is 0 Å². The lowest BCUT2D eigenvalue weighted by Gasteiger charge is -2.08. The summed E-state index contributed by atoms with van der Waals surface area (Å²) >= 11 is 0.917. The van der Waals surface area contributed by atoms with Gasteiger partial charge in [-0.15, -0.1) is 0 Å². The van der Waals surface area contributed by atoms with Gasteiger partial charge in [0.2, 0.25) is 0 Å². The third-order valence-corrected chi connectivity index (χ3v) is 3.88. The van der Waals surface area contributed by atoms with Crippen LogP contribution in [0.15, 0.2) is 41.3 Å². The van der Waals surface area contributed by atoms with Gasteiger partial charge in [-0.2, -0.15) is 0 Å². The fourth-order valence-corrected chi connectivity index (χ4v) is 2.83. The number of hydrogen-bond acceptors (Lipinski definition) is 4. The fourth-order valence-electron chi connectivity index (χ4n) is 2.16. The number of nitrogens with one attached hydrogen (secondary N) is 1. The Morgan fingerprint density at radius 1 is 1.10 bits per heavy atom. The third-order valence-electron chi connectivity index (χ3n) is 3.07. The van der Waals surface area contributed by atoms with Gasteiger partial charge < -0.3 is 4.74 Å². The summed E-state index contributed by atoms with van der Waals surface area (Å²) in [5.74, 6) is 0.433. The second-order valence-corrected chi connectivity index (χ2v) is 5.27. The Morgan fingerprint density at radius 2 is 1.85 bits per heavy atom. The normalized spacial score (nSPS) is 16.8. The summed E-state index contributed by atoms with van der Waals surface area (Å²) in [6.45, 7) is 0. The molecule has 0 radical (unpaired) electrons. The van der Waals surface area contributed by atoms with Crippen LogP contribution in [0.1, 0.15) is 5.56 Å². The molecule has 100 valence electrons. The Bertz CT molecular complexity index is 752. The van der Waals surface area contributed by atoms with Crippen molar-refractivity contribution >= 4 is 39.8 Å². The summed E-state index contributed by atoms with van der Waals surface area (Å²) in [6, 6.07) is 11.5. The highest BCUT2D eigenvalue weighted by Gasteiger charge is 2.25. The number of benzene rings is 2. The van der Waals surface area contributed by atoms with E-state index in [-0.39, 0.29) is 11.1 Å². The lowest BCUT2D eigenvalue weighted by molar-refractivity contribution is -0.115. The highest BCUT2D eigenvalue weighted by molar-refractivity contribution is 8.18. The molecule has 4 nitrogen and oxygen atoms in total. The van der Waals surface area contributed by atoms with Gasteiger partial charge in [0.05, 0.1) is 12.0 Å². The standard InChI is InChI=1S/C15H11NO3S/c1-19-12-7-6-9(10-4-2-3-5-11(10)12)8-13-14(17)16-15(18)20-13/h2-8H,1H3,(H,16,17,18)/b13-8-. The van der Waals surface area contributed by atoms with Gasteiger partial charge in [-0.05, 0) is 34.9 Å². The number of thioether (sulfide) groups is 1. The van der Waals surface area contributed by atoms with Gasteiger partial charge in [0.15, 0.2) is 0 Å². The predicted molar refractivity (Wildman–Crippen MR) is 79.6 cm³/mol. The van der Waals surface area contributed by atoms with E-state index in [4.69, 9.17) is 4.74 Å². The molecule has 0 aromatic heterocycles. The van der Waals surface area contributed by atoms with Crippen molar-refractivity contribution < 1.29 is 14.3 Å². The highest BCUT2D eigenvalue weighted by atomic mass is 32.2. The minimum absolute atomic E-state index is 0.334. The molecule has 1 aliphatic rings. The van der Waals surface area contributed by atoms with E-state index in [1.54, 1.807) is 13.2 Å². The number of methoxy groups -OCH3 is 1. The van der Waals surface area contributed by atoms with Crippen molar-refractivity contribution in [1.29, 1.82) is 0 Å². The van der Waals surface area contributed by atoms with Crippen LogP contribution in [0.4, 0.5) is 4.79 Å². The first-order valence-electron chi connectivity index (χ1n) is 5.99. The number of ether oxygens (including phenoxy) is 1. The molecule has 1 heterocycles. The van der Waals surface area contributed by atoms with Crippen molar-refractivity contribution in [3.05, 3.63) is 46.9 Å². The third kappa shape index (κ3) is 2.16. The summed E-state index contributed by atoms with van der Waals surface area (Å²) in [7, 11) is 1.62. The molecule has 1 saturated heterocycles. The van der Waals surface area contributed by atoms with E-state index in [1.807, 2.05) is 36.4 Å². The average Bonchev–Trinajstić information content (AvgIpc) is 2.77. The van der Waals surface area contributed by atoms with Crippen LogP contribution < -0.4 is 10.1 Å². The second kappa shape index (κ2) is 5.02. The maximum atomic E-state index is 11.6. The maximum Gasteiger partial charge on any atom is 0.290 e. The van der Waals surface area contributed by atoms with E-state index in [0.29, 0.717) is 4.91 Å². The number of rotatable bonds is 2.